The zero-order valence-corrected chi connectivity index (χ0v) is 32.7. The maximum atomic E-state index is 6.42. The Kier molecular flexibility index (Phi) is 7.89. The van der Waals surface area contributed by atoms with Gasteiger partial charge in [0, 0.05) is 33.1 Å². The molecule has 12 aromatic rings. The predicted molar refractivity (Wildman–Crippen MR) is 255 cm³/mol. The number of nitrogens with zero attached hydrogens (tertiary/aromatic N) is 1. The van der Waals surface area contributed by atoms with Gasteiger partial charge in [0.2, 0.25) is 0 Å². The molecule has 12 rings (SSSR count). The minimum absolute atomic E-state index is 0.912. The van der Waals surface area contributed by atoms with Crippen LogP contribution in [0.15, 0.2) is 229 Å². The van der Waals surface area contributed by atoms with Crippen LogP contribution < -0.4 is 4.90 Å². The second-order valence-corrected chi connectivity index (χ2v) is 15.6. The zero-order valence-electron chi connectivity index (χ0n) is 32.7. The van der Waals surface area contributed by atoms with Gasteiger partial charge in [-0.25, -0.2) is 0 Å². The van der Waals surface area contributed by atoms with Gasteiger partial charge in [-0.3, -0.25) is 0 Å². The Morgan fingerprint density at radius 2 is 0.817 bits per heavy atom. The molecule has 1 aromatic heterocycles. The van der Waals surface area contributed by atoms with Crippen LogP contribution in [-0.4, -0.2) is 0 Å². The Morgan fingerprint density at radius 1 is 0.283 bits per heavy atom. The summed E-state index contributed by atoms with van der Waals surface area (Å²) >= 11 is 0. The lowest BCUT2D eigenvalue weighted by molar-refractivity contribution is 0.669. The predicted octanol–water partition coefficient (Wildman–Crippen LogP) is 16.7. The van der Waals surface area contributed by atoms with Gasteiger partial charge < -0.3 is 9.32 Å². The zero-order chi connectivity index (χ0) is 39.6. The molecule has 0 aliphatic heterocycles. The lowest BCUT2D eigenvalue weighted by Crippen LogP contribution is -2.11. The lowest BCUT2D eigenvalue weighted by Gasteiger charge is -2.29. The van der Waals surface area contributed by atoms with E-state index in [1.807, 2.05) is 6.07 Å². The smallest absolute Gasteiger partial charge is 0.136 e. The van der Waals surface area contributed by atoms with Crippen LogP contribution in [0, 0.1) is 0 Å². The van der Waals surface area contributed by atoms with E-state index in [1.54, 1.807) is 0 Å². The third-order valence-corrected chi connectivity index (χ3v) is 12.2. The van der Waals surface area contributed by atoms with Crippen LogP contribution in [-0.2, 0) is 0 Å². The van der Waals surface area contributed by atoms with Crippen LogP contribution in [0.5, 0.6) is 0 Å². The normalized spacial score (nSPS) is 11.7. The van der Waals surface area contributed by atoms with Crippen molar-refractivity contribution in [1.82, 2.24) is 0 Å². The van der Waals surface area contributed by atoms with Crippen LogP contribution in [0.2, 0.25) is 0 Å². The lowest BCUT2D eigenvalue weighted by atomic mass is 9.87. The summed E-state index contributed by atoms with van der Waals surface area (Å²) < 4.78 is 6.42. The van der Waals surface area contributed by atoms with Crippen molar-refractivity contribution in [1.29, 1.82) is 0 Å². The molecule has 0 aliphatic rings. The van der Waals surface area contributed by atoms with Gasteiger partial charge in [0.15, 0.2) is 0 Å². The summed E-state index contributed by atoms with van der Waals surface area (Å²) in [7, 11) is 0. The van der Waals surface area contributed by atoms with Gasteiger partial charge in [-0.05, 0) is 114 Å². The van der Waals surface area contributed by atoms with E-state index in [-0.39, 0.29) is 0 Å². The fraction of sp³-hybridized carbons (Fsp3) is 0. The first-order chi connectivity index (χ1) is 29.8. The summed E-state index contributed by atoms with van der Waals surface area (Å²) in [6, 6.07) is 81.3. The van der Waals surface area contributed by atoms with Gasteiger partial charge >= 0.3 is 0 Å². The van der Waals surface area contributed by atoms with Crippen molar-refractivity contribution in [2.75, 3.05) is 4.90 Å². The van der Waals surface area contributed by atoms with E-state index in [0.717, 1.165) is 39.2 Å². The van der Waals surface area contributed by atoms with Gasteiger partial charge in [0.05, 0.1) is 5.69 Å². The van der Waals surface area contributed by atoms with Crippen LogP contribution >= 0.6 is 0 Å². The van der Waals surface area contributed by atoms with Crippen molar-refractivity contribution in [2.24, 2.45) is 0 Å². The van der Waals surface area contributed by atoms with Crippen molar-refractivity contribution in [3.05, 3.63) is 224 Å². The molecule has 0 aliphatic carbocycles. The highest BCUT2D eigenvalue weighted by Gasteiger charge is 2.22. The van der Waals surface area contributed by atoms with Crippen molar-refractivity contribution >= 4 is 82.1 Å². The van der Waals surface area contributed by atoms with E-state index in [4.69, 9.17) is 4.42 Å². The third-order valence-electron chi connectivity index (χ3n) is 12.2. The molecule has 0 saturated carbocycles. The third kappa shape index (κ3) is 5.50. The van der Waals surface area contributed by atoms with E-state index < -0.39 is 0 Å². The molecule has 280 valence electrons. The van der Waals surface area contributed by atoms with Crippen molar-refractivity contribution in [2.45, 2.75) is 0 Å². The highest BCUT2D eigenvalue weighted by molar-refractivity contribution is 6.36. The number of fused-ring (bicyclic) bond motifs is 11. The minimum Gasteiger partial charge on any atom is -0.456 e. The average molecular weight is 764 g/mol. The standard InChI is InChI=1S/C58H37NO/c1-2-13-38(14-3-1)40-25-27-41(28-26-40)42-29-32-44(33-30-42)59(45-34-31-39-15-4-5-16-43(39)37-45)53-23-10-8-17-46(53)47-21-12-22-49-51-35-36-55-58(52-20-9-11-24-54(52)60-55)57(51)50-19-7-6-18-48(50)56(47)49/h1-37H. The number of hydrogen-bond donors (Lipinski definition) is 0. The highest BCUT2D eigenvalue weighted by Crippen LogP contribution is 2.48. The van der Waals surface area contributed by atoms with Crippen LogP contribution in [0.25, 0.3) is 98.4 Å². The molecule has 0 amide bonds. The molecule has 0 unspecified atom stereocenters. The number of furan rings is 1. The average Bonchev–Trinajstić information content (AvgIpc) is 3.71. The summed E-state index contributed by atoms with van der Waals surface area (Å²) in [5, 5.41) is 12.1. The molecule has 0 N–H and O–H groups in total. The van der Waals surface area contributed by atoms with E-state index >= 15 is 0 Å². The van der Waals surface area contributed by atoms with Crippen LogP contribution in [0.3, 0.4) is 0 Å². The summed E-state index contributed by atoms with van der Waals surface area (Å²) in [4.78, 5) is 2.42. The Bertz CT molecular complexity index is 3550. The van der Waals surface area contributed by atoms with Crippen molar-refractivity contribution in [3.8, 4) is 33.4 Å². The molecule has 2 heteroatoms. The Labute approximate surface area is 347 Å². The molecule has 60 heavy (non-hydrogen) atoms. The fourth-order valence-electron chi connectivity index (χ4n) is 9.46. The molecule has 1 heterocycles. The monoisotopic (exact) mass is 763 g/mol. The van der Waals surface area contributed by atoms with E-state index in [0.29, 0.717) is 0 Å². The molecule has 11 aromatic carbocycles. The van der Waals surface area contributed by atoms with Gasteiger partial charge in [-0.2, -0.15) is 0 Å². The molecular weight excluding hydrogens is 727 g/mol. The van der Waals surface area contributed by atoms with E-state index in [1.165, 1.54) is 76.3 Å². The Morgan fingerprint density at radius 3 is 1.58 bits per heavy atom. The first kappa shape index (κ1) is 34.1. The summed E-state index contributed by atoms with van der Waals surface area (Å²) in [5.74, 6) is 0. The first-order valence-corrected chi connectivity index (χ1v) is 20.6. The van der Waals surface area contributed by atoms with Crippen molar-refractivity contribution < 1.29 is 4.42 Å². The largest absolute Gasteiger partial charge is 0.456 e. The minimum atomic E-state index is 0.912. The van der Waals surface area contributed by atoms with Gasteiger partial charge in [0.25, 0.3) is 0 Å². The summed E-state index contributed by atoms with van der Waals surface area (Å²) in [6.07, 6.45) is 0. The van der Waals surface area contributed by atoms with Crippen molar-refractivity contribution in [3.63, 3.8) is 0 Å². The second-order valence-electron chi connectivity index (χ2n) is 15.6. The van der Waals surface area contributed by atoms with E-state index in [9.17, 15) is 0 Å². The van der Waals surface area contributed by atoms with Crippen LogP contribution in [0.1, 0.15) is 0 Å². The second kappa shape index (κ2) is 13.9. The summed E-state index contributed by atoms with van der Waals surface area (Å²) in [5.41, 5.74) is 12.3. The molecule has 0 spiro atoms. The molecule has 0 radical (unpaired) electrons. The number of benzene rings is 11. The summed E-state index contributed by atoms with van der Waals surface area (Å²) in [6.45, 7) is 0. The number of rotatable bonds is 6. The maximum Gasteiger partial charge on any atom is 0.136 e. The van der Waals surface area contributed by atoms with Gasteiger partial charge in [-0.15, -0.1) is 0 Å². The molecule has 0 atom stereocenters. The fourth-order valence-corrected chi connectivity index (χ4v) is 9.46. The first-order valence-electron chi connectivity index (χ1n) is 20.6. The molecule has 0 bridgehead atoms. The molecular formula is C58H37NO. The Balaban J connectivity index is 1.06. The number of para-hydroxylation sites is 2. The van der Waals surface area contributed by atoms with Gasteiger partial charge in [-0.1, -0.05) is 176 Å². The van der Waals surface area contributed by atoms with Crippen LogP contribution in [0.4, 0.5) is 17.1 Å². The molecule has 0 saturated heterocycles. The topological polar surface area (TPSA) is 16.4 Å². The molecule has 2 nitrogen and oxygen atoms in total. The highest BCUT2D eigenvalue weighted by atomic mass is 16.3. The Hall–Kier alpha value is -7.94. The quantitative estimate of drug-likeness (QED) is 0.157. The van der Waals surface area contributed by atoms with E-state index in [2.05, 4.69) is 223 Å². The maximum absolute atomic E-state index is 6.42. The van der Waals surface area contributed by atoms with Gasteiger partial charge in [0.1, 0.15) is 11.2 Å². The SMILES string of the molecule is c1ccc(-c2ccc(-c3ccc(N(c4ccc5ccccc5c4)c4ccccc4-c4cccc5c6ccc7oc8ccccc8c7c6c6ccccc6c45)cc3)cc2)cc1. The number of hydrogen-bond acceptors (Lipinski definition) is 2. The number of anilines is 3. The molecule has 0 fully saturated rings.